The molecule has 0 atom stereocenters. The monoisotopic (exact) mass is 509 g/mol. The molecule has 9 nitrogen and oxygen atoms in total. The zero-order valence-electron chi connectivity index (χ0n) is 21.7. The number of carboxylic acids is 3. The Morgan fingerprint density at radius 2 is 1.56 bits per heavy atom. The predicted molar refractivity (Wildman–Crippen MR) is 136 cm³/mol. The van der Waals surface area contributed by atoms with Gasteiger partial charge in [0.05, 0.1) is 19.4 Å². The molecule has 36 heavy (non-hydrogen) atoms. The maximum absolute atomic E-state index is 10.3. The molecule has 1 saturated carbocycles. The molecule has 0 spiro atoms. The molecular weight excluding hydrogens is 466 g/mol. The molecule has 0 aliphatic heterocycles. The largest absolute Gasteiger partial charge is 0.493 e. The number of hydrogen-bond acceptors (Lipinski definition) is 6. The van der Waals surface area contributed by atoms with E-state index in [0.29, 0.717) is 0 Å². The number of aliphatic hydroxyl groups is 1. The smallest absolute Gasteiger partial charge is 0.336 e. The number of hydrogen-bond donors (Lipinski definition) is 4. The van der Waals surface area contributed by atoms with Crippen molar-refractivity contribution in [2.75, 3.05) is 26.2 Å². The highest BCUT2D eigenvalue weighted by Crippen LogP contribution is 2.29. The minimum absolute atomic E-state index is 0.830. The lowest BCUT2D eigenvalue weighted by molar-refractivity contribution is -0.170. The number of ether oxygens (including phenoxy) is 1. The van der Waals surface area contributed by atoms with Crippen molar-refractivity contribution in [2.45, 2.75) is 83.7 Å². The van der Waals surface area contributed by atoms with Gasteiger partial charge >= 0.3 is 17.9 Å². The van der Waals surface area contributed by atoms with Crippen LogP contribution in [0.1, 0.15) is 77.2 Å². The fourth-order valence-electron chi connectivity index (χ4n) is 4.41. The van der Waals surface area contributed by atoms with Crippen molar-refractivity contribution in [3.8, 4) is 5.75 Å². The summed E-state index contributed by atoms with van der Waals surface area (Å²) in [5.74, 6) is -2.96. The van der Waals surface area contributed by atoms with Gasteiger partial charge in [-0.05, 0) is 49.9 Å². The summed E-state index contributed by atoms with van der Waals surface area (Å²) in [6.07, 6.45) is 8.53. The van der Waals surface area contributed by atoms with Crippen LogP contribution in [-0.4, -0.2) is 75.1 Å². The second-order valence-electron chi connectivity index (χ2n) is 9.36. The highest BCUT2D eigenvalue weighted by Gasteiger charge is 2.40. The number of rotatable bonds is 15. The van der Waals surface area contributed by atoms with Crippen LogP contribution >= 0.6 is 0 Å². The lowest BCUT2D eigenvalue weighted by atomic mass is 9.85. The number of carbonyl (C=O) groups is 3. The van der Waals surface area contributed by atoms with E-state index in [0.717, 1.165) is 44.3 Å². The Labute approximate surface area is 214 Å². The van der Waals surface area contributed by atoms with Gasteiger partial charge in [0.25, 0.3) is 0 Å². The van der Waals surface area contributed by atoms with Crippen LogP contribution in [0.4, 0.5) is 0 Å². The number of aliphatic carboxylic acids is 3. The van der Waals surface area contributed by atoms with Crippen molar-refractivity contribution in [2.24, 2.45) is 5.92 Å². The Kier molecular flexibility index (Phi) is 14.7. The standard InChI is InChI=1S/C21H35NO.C6H8O7/c1-3-22(4-2)17-10-18-23-21-14-9-8-13-20(21)16-15-19-11-6-5-7-12-19;7-3(8)1-6(13,5(11)12)2-4(9)10/h8-9,13-14,19H,3-7,10-12,15-18H2,1-2H3;13H,1-2H2,(H,7,8)(H,9,10)(H,11,12). The summed E-state index contributed by atoms with van der Waals surface area (Å²) in [6, 6.07) is 8.65. The zero-order chi connectivity index (χ0) is 27.0. The first-order chi connectivity index (χ1) is 17.1. The molecule has 0 aromatic heterocycles. The minimum Gasteiger partial charge on any atom is -0.493 e. The van der Waals surface area contributed by atoms with Crippen molar-refractivity contribution in [1.82, 2.24) is 4.90 Å². The molecule has 204 valence electrons. The zero-order valence-corrected chi connectivity index (χ0v) is 21.7. The van der Waals surface area contributed by atoms with Gasteiger partial charge in [0, 0.05) is 6.54 Å². The SMILES string of the molecule is CCN(CC)CCCOc1ccccc1CCC1CCCCC1.O=C(O)CC(O)(CC(=O)O)C(=O)O. The molecule has 9 heteroatoms. The summed E-state index contributed by atoms with van der Waals surface area (Å²) >= 11 is 0. The predicted octanol–water partition coefficient (Wildman–Crippen LogP) is 4.06. The molecule has 1 fully saturated rings. The fourth-order valence-corrected chi connectivity index (χ4v) is 4.41. The Balaban J connectivity index is 0.000000426. The first kappa shape index (κ1) is 31.4. The Morgan fingerprint density at radius 3 is 2.08 bits per heavy atom. The fraction of sp³-hybridized carbons (Fsp3) is 0.667. The van der Waals surface area contributed by atoms with Gasteiger partial charge in [-0.3, -0.25) is 9.59 Å². The van der Waals surface area contributed by atoms with E-state index in [2.05, 4.69) is 43.0 Å². The average Bonchev–Trinajstić information content (AvgIpc) is 2.83. The van der Waals surface area contributed by atoms with Crippen LogP contribution in [0.3, 0.4) is 0 Å². The lowest BCUT2D eigenvalue weighted by Gasteiger charge is -2.22. The van der Waals surface area contributed by atoms with Gasteiger partial charge < -0.3 is 30.1 Å². The van der Waals surface area contributed by atoms with Gasteiger partial charge in [0.15, 0.2) is 5.60 Å². The molecular formula is C27H43NO8. The topological polar surface area (TPSA) is 145 Å². The van der Waals surface area contributed by atoms with E-state index in [4.69, 9.17) is 25.2 Å². The molecule has 0 amide bonds. The number of nitrogens with zero attached hydrogens (tertiary/aromatic N) is 1. The van der Waals surface area contributed by atoms with Crippen LogP contribution in [0.15, 0.2) is 24.3 Å². The number of para-hydroxylation sites is 1. The Bertz CT molecular complexity index is 787. The molecule has 0 saturated heterocycles. The van der Waals surface area contributed by atoms with Crippen LogP contribution in [0.5, 0.6) is 5.75 Å². The van der Waals surface area contributed by atoms with E-state index in [9.17, 15) is 14.4 Å². The van der Waals surface area contributed by atoms with Crippen LogP contribution in [-0.2, 0) is 20.8 Å². The molecule has 1 aliphatic rings. The first-order valence-corrected chi connectivity index (χ1v) is 12.9. The second kappa shape index (κ2) is 16.9. The Hall–Kier alpha value is -2.65. The van der Waals surface area contributed by atoms with E-state index in [-0.39, 0.29) is 0 Å². The second-order valence-corrected chi connectivity index (χ2v) is 9.36. The summed E-state index contributed by atoms with van der Waals surface area (Å²) in [7, 11) is 0. The molecule has 0 heterocycles. The van der Waals surface area contributed by atoms with Gasteiger partial charge in [-0.15, -0.1) is 0 Å². The molecule has 1 aromatic carbocycles. The average molecular weight is 510 g/mol. The first-order valence-electron chi connectivity index (χ1n) is 12.9. The molecule has 1 aliphatic carbocycles. The van der Waals surface area contributed by atoms with E-state index in [1.165, 1.54) is 50.5 Å². The number of carboxylic acid groups (broad SMARTS) is 3. The summed E-state index contributed by atoms with van der Waals surface area (Å²) in [5, 5.41) is 33.8. The molecule has 0 radical (unpaired) electrons. The summed E-state index contributed by atoms with van der Waals surface area (Å²) in [4.78, 5) is 32.9. The maximum Gasteiger partial charge on any atom is 0.336 e. The summed E-state index contributed by atoms with van der Waals surface area (Å²) in [5.41, 5.74) is -1.33. The van der Waals surface area contributed by atoms with Crippen molar-refractivity contribution in [3.63, 3.8) is 0 Å². The van der Waals surface area contributed by atoms with E-state index in [1.807, 2.05) is 0 Å². The molecule has 1 aromatic rings. The van der Waals surface area contributed by atoms with Gasteiger partial charge in [-0.2, -0.15) is 0 Å². The van der Waals surface area contributed by atoms with Crippen LogP contribution < -0.4 is 4.74 Å². The lowest BCUT2D eigenvalue weighted by Crippen LogP contribution is -2.42. The summed E-state index contributed by atoms with van der Waals surface area (Å²) in [6.45, 7) is 8.69. The van der Waals surface area contributed by atoms with Gasteiger partial charge in [0.1, 0.15) is 5.75 Å². The van der Waals surface area contributed by atoms with Crippen molar-refractivity contribution >= 4 is 17.9 Å². The molecule has 0 unspecified atom stereocenters. The van der Waals surface area contributed by atoms with Gasteiger partial charge in [0.2, 0.25) is 0 Å². The van der Waals surface area contributed by atoms with Crippen LogP contribution in [0.2, 0.25) is 0 Å². The summed E-state index contributed by atoms with van der Waals surface area (Å²) < 4.78 is 6.09. The minimum atomic E-state index is -2.74. The molecule has 4 N–H and O–H groups in total. The quantitative estimate of drug-likeness (QED) is 0.257. The highest BCUT2D eigenvalue weighted by molar-refractivity contribution is 5.88. The number of aryl methyl sites for hydroxylation is 1. The Morgan fingerprint density at radius 1 is 0.972 bits per heavy atom. The third-order valence-corrected chi connectivity index (χ3v) is 6.58. The normalized spacial score (nSPS) is 14.1. The molecule has 0 bridgehead atoms. The molecule has 2 rings (SSSR count). The van der Waals surface area contributed by atoms with Crippen LogP contribution in [0.25, 0.3) is 0 Å². The van der Waals surface area contributed by atoms with Gasteiger partial charge in [-0.1, -0.05) is 64.2 Å². The highest BCUT2D eigenvalue weighted by atomic mass is 16.5. The van der Waals surface area contributed by atoms with Crippen LogP contribution in [0, 0.1) is 5.92 Å². The maximum atomic E-state index is 10.3. The third-order valence-electron chi connectivity index (χ3n) is 6.58. The van der Waals surface area contributed by atoms with Crippen molar-refractivity contribution in [1.29, 1.82) is 0 Å². The van der Waals surface area contributed by atoms with Crippen molar-refractivity contribution in [3.05, 3.63) is 29.8 Å². The van der Waals surface area contributed by atoms with Crippen molar-refractivity contribution < 1.29 is 39.5 Å². The van der Waals surface area contributed by atoms with E-state index in [1.54, 1.807) is 0 Å². The van der Waals surface area contributed by atoms with E-state index >= 15 is 0 Å². The number of benzene rings is 1. The van der Waals surface area contributed by atoms with E-state index < -0.39 is 36.4 Å². The van der Waals surface area contributed by atoms with Gasteiger partial charge in [-0.25, -0.2) is 4.79 Å². The third kappa shape index (κ3) is 12.4.